The molecule has 0 saturated heterocycles. The summed E-state index contributed by atoms with van der Waals surface area (Å²) >= 11 is 0. The Kier molecular flexibility index (Phi) is 3.70. The second-order valence-electron chi connectivity index (χ2n) is 5.16. The van der Waals surface area contributed by atoms with Gasteiger partial charge in [0.15, 0.2) is 11.5 Å². The zero-order valence-electron chi connectivity index (χ0n) is 12.6. The zero-order valence-corrected chi connectivity index (χ0v) is 12.6. The van der Waals surface area contributed by atoms with Gasteiger partial charge in [-0.25, -0.2) is 4.39 Å². The Hall–Kier alpha value is -3.15. The maximum Gasteiger partial charge on any atom is 0.248 e. The van der Waals surface area contributed by atoms with E-state index >= 15 is 0 Å². The third-order valence-corrected chi connectivity index (χ3v) is 3.54. The van der Waals surface area contributed by atoms with Crippen LogP contribution in [0.2, 0.25) is 0 Å². The lowest BCUT2D eigenvalue weighted by Gasteiger charge is -2.18. The highest BCUT2D eigenvalue weighted by molar-refractivity contribution is 5.67. The van der Waals surface area contributed by atoms with E-state index in [2.05, 4.69) is 10.2 Å². The molecule has 1 aliphatic heterocycles. The van der Waals surface area contributed by atoms with Crippen molar-refractivity contribution >= 4 is 12.2 Å². The Labute approximate surface area is 137 Å². The minimum absolute atomic E-state index is 0.295. The monoisotopic (exact) mass is 324 g/mol. The molecule has 0 radical (unpaired) electrons. The summed E-state index contributed by atoms with van der Waals surface area (Å²) in [6.45, 7) is 1.05. The first kappa shape index (κ1) is 14.4. The van der Waals surface area contributed by atoms with Gasteiger partial charge in [0.25, 0.3) is 0 Å². The Morgan fingerprint density at radius 2 is 1.75 bits per heavy atom. The van der Waals surface area contributed by atoms with Crippen LogP contribution in [-0.2, 0) is 0 Å². The molecule has 1 aromatic heterocycles. The Bertz CT molecular complexity index is 905. The number of ether oxygens (including phenoxy) is 2. The Morgan fingerprint density at radius 3 is 2.62 bits per heavy atom. The molecule has 5 nitrogen and oxygen atoms in total. The molecule has 0 aliphatic carbocycles. The van der Waals surface area contributed by atoms with Crippen LogP contribution in [0.1, 0.15) is 11.5 Å². The molecule has 0 unspecified atom stereocenters. The molecule has 6 heteroatoms. The molecule has 0 bridgehead atoms. The largest absolute Gasteiger partial charge is 0.486 e. The van der Waals surface area contributed by atoms with Crippen LogP contribution in [0, 0.1) is 5.82 Å². The van der Waals surface area contributed by atoms with Gasteiger partial charge in [0.2, 0.25) is 11.8 Å². The van der Waals surface area contributed by atoms with E-state index in [4.69, 9.17) is 13.9 Å². The molecular weight excluding hydrogens is 311 g/mol. The molecule has 0 fully saturated rings. The van der Waals surface area contributed by atoms with Gasteiger partial charge in [-0.3, -0.25) is 0 Å². The van der Waals surface area contributed by atoms with Gasteiger partial charge in [-0.15, -0.1) is 10.2 Å². The molecule has 120 valence electrons. The van der Waals surface area contributed by atoms with Crippen molar-refractivity contribution in [3.05, 3.63) is 59.7 Å². The summed E-state index contributed by atoms with van der Waals surface area (Å²) in [4.78, 5) is 0. The molecule has 0 N–H and O–H groups in total. The minimum atomic E-state index is -0.305. The predicted octanol–water partition coefficient (Wildman–Crippen LogP) is 3.82. The Morgan fingerprint density at radius 1 is 0.917 bits per heavy atom. The molecule has 0 spiro atoms. The average Bonchev–Trinajstić information content (AvgIpc) is 3.10. The van der Waals surface area contributed by atoms with E-state index in [1.54, 1.807) is 36.4 Å². The number of nitrogens with zero attached hydrogens (tertiary/aromatic N) is 2. The highest BCUT2D eigenvalue weighted by Gasteiger charge is 2.15. The maximum atomic E-state index is 13.6. The van der Waals surface area contributed by atoms with Crippen LogP contribution < -0.4 is 9.47 Å². The maximum absolute atomic E-state index is 13.6. The standard InChI is InChI=1S/C18H13FN2O3/c19-14-4-2-1-3-12(14)6-8-17-20-21-18(24-17)13-5-7-15-16(11-13)23-10-9-22-15/h1-8,11H,9-10H2/b8-6+. The Balaban J connectivity index is 1.58. The second kappa shape index (κ2) is 6.16. The zero-order chi connectivity index (χ0) is 16.4. The van der Waals surface area contributed by atoms with Gasteiger partial charge in [-0.2, -0.15) is 0 Å². The quantitative estimate of drug-likeness (QED) is 0.733. The summed E-state index contributed by atoms with van der Waals surface area (Å²) in [6, 6.07) is 11.9. The number of halogens is 1. The number of hydrogen-bond donors (Lipinski definition) is 0. The lowest BCUT2D eigenvalue weighted by molar-refractivity contribution is 0.171. The van der Waals surface area contributed by atoms with Crippen LogP contribution >= 0.6 is 0 Å². The van der Waals surface area contributed by atoms with E-state index in [0.717, 1.165) is 5.56 Å². The van der Waals surface area contributed by atoms with E-state index in [1.807, 2.05) is 12.1 Å². The lowest BCUT2D eigenvalue weighted by Crippen LogP contribution is -2.15. The van der Waals surface area contributed by atoms with Gasteiger partial charge in [-0.1, -0.05) is 18.2 Å². The molecule has 4 rings (SSSR count). The molecule has 24 heavy (non-hydrogen) atoms. The van der Waals surface area contributed by atoms with Crippen LogP contribution in [0.15, 0.2) is 46.9 Å². The molecule has 2 heterocycles. The first-order valence-electron chi connectivity index (χ1n) is 7.46. The van der Waals surface area contributed by atoms with Crippen molar-refractivity contribution in [2.24, 2.45) is 0 Å². The van der Waals surface area contributed by atoms with Crippen molar-refractivity contribution in [3.8, 4) is 23.0 Å². The van der Waals surface area contributed by atoms with Crippen molar-refractivity contribution in [2.45, 2.75) is 0 Å². The molecule has 0 atom stereocenters. The van der Waals surface area contributed by atoms with Crippen molar-refractivity contribution in [3.63, 3.8) is 0 Å². The van der Waals surface area contributed by atoms with Gasteiger partial charge in [0, 0.05) is 17.2 Å². The van der Waals surface area contributed by atoms with Crippen LogP contribution in [-0.4, -0.2) is 23.4 Å². The number of rotatable bonds is 3. The van der Waals surface area contributed by atoms with Crippen molar-refractivity contribution < 1.29 is 18.3 Å². The molecule has 1 aliphatic rings. The number of benzene rings is 2. The molecule has 0 saturated carbocycles. The normalized spacial score (nSPS) is 13.4. The predicted molar refractivity (Wildman–Crippen MR) is 86.1 cm³/mol. The van der Waals surface area contributed by atoms with Crippen molar-refractivity contribution in [1.29, 1.82) is 0 Å². The highest BCUT2D eigenvalue weighted by atomic mass is 19.1. The summed E-state index contributed by atoms with van der Waals surface area (Å²) < 4.78 is 30.2. The SMILES string of the molecule is Fc1ccccc1/C=C/c1nnc(-c2ccc3c(c2)OCCO3)o1. The van der Waals surface area contributed by atoms with Crippen molar-refractivity contribution in [1.82, 2.24) is 10.2 Å². The van der Waals surface area contributed by atoms with Gasteiger partial charge < -0.3 is 13.9 Å². The summed E-state index contributed by atoms with van der Waals surface area (Å²) in [5.74, 6) is 1.70. The summed E-state index contributed by atoms with van der Waals surface area (Å²) in [7, 11) is 0. The lowest BCUT2D eigenvalue weighted by atomic mass is 10.2. The van der Waals surface area contributed by atoms with Crippen LogP contribution in [0.5, 0.6) is 11.5 Å². The third-order valence-electron chi connectivity index (χ3n) is 3.54. The van der Waals surface area contributed by atoms with Gasteiger partial charge in [0.05, 0.1) is 0 Å². The molecule has 0 amide bonds. The van der Waals surface area contributed by atoms with Gasteiger partial charge in [-0.05, 0) is 30.3 Å². The fourth-order valence-corrected chi connectivity index (χ4v) is 2.37. The first-order valence-corrected chi connectivity index (χ1v) is 7.46. The van der Waals surface area contributed by atoms with E-state index in [0.29, 0.717) is 42.1 Å². The van der Waals surface area contributed by atoms with E-state index in [1.165, 1.54) is 6.07 Å². The molecule has 2 aromatic carbocycles. The number of aromatic nitrogens is 2. The number of hydrogen-bond acceptors (Lipinski definition) is 5. The van der Waals surface area contributed by atoms with E-state index < -0.39 is 0 Å². The highest BCUT2D eigenvalue weighted by Crippen LogP contribution is 2.34. The minimum Gasteiger partial charge on any atom is -0.486 e. The fraction of sp³-hybridized carbons (Fsp3) is 0.111. The summed E-state index contributed by atoms with van der Waals surface area (Å²) in [5, 5.41) is 7.96. The van der Waals surface area contributed by atoms with E-state index in [9.17, 15) is 4.39 Å². The van der Waals surface area contributed by atoms with Gasteiger partial charge in [0.1, 0.15) is 19.0 Å². The van der Waals surface area contributed by atoms with Gasteiger partial charge >= 0.3 is 0 Å². The van der Waals surface area contributed by atoms with Crippen LogP contribution in [0.4, 0.5) is 4.39 Å². The van der Waals surface area contributed by atoms with Crippen LogP contribution in [0.25, 0.3) is 23.6 Å². The third kappa shape index (κ3) is 2.86. The second-order valence-corrected chi connectivity index (χ2v) is 5.16. The molecule has 3 aromatic rings. The summed E-state index contributed by atoms with van der Waals surface area (Å²) in [5.41, 5.74) is 1.19. The topological polar surface area (TPSA) is 57.4 Å². The summed E-state index contributed by atoms with van der Waals surface area (Å²) in [6.07, 6.45) is 3.17. The average molecular weight is 324 g/mol. The molecular formula is C18H13FN2O3. The van der Waals surface area contributed by atoms with E-state index in [-0.39, 0.29) is 5.82 Å². The van der Waals surface area contributed by atoms with Crippen molar-refractivity contribution in [2.75, 3.05) is 13.2 Å². The first-order chi connectivity index (χ1) is 11.8. The smallest absolute Gasteiger partial charge is 0.248 e. The number of fused-ring (bicyclic) bond motifs is 1. The van der Waals surface area contributed by atoms with Crippen LogP contribution in [0.3, 0.4) is 0 Å². The fourth-order valence-electron chi connectivity index (χ4n) is 2.37.